The molecule has 0 aliphatic rings. The molecule has 0 aliphatic carbocycles. The molecule has 2 aromatic rings. The fourth-order valence-corrected chi connectivity index (χ4v) is 1.56. The SMILES string of the molecule is [C-]#[N+]c1ccc(-c2nc(C(F)(F)F)cn2C)cc1. The van der Waals surface area contributed by atoms with E-state index in [1.165, 1.54) is 11.6 Å². The molecule has 1 aromatic carbocycles. The van der Waals surface area contributed by atoms with Gasteiger partial charge in [-0.3, -0.25) is 0 Å². The first kappa shape index (κ1) is 12.2. The summed E-state index contributed by atoms with van der Waals surface area (Å²) in [5, 5.41) is 0. The summed E-state index contributed by atoms with van der Waals surface area (Å²) in [5.41, 5.74) is 0.0543. The molecule has 1 aromatic heterocycles. The third-order valence-corrected chi connectivity index (χ3v) is 2.42. The van der Waals surface area contributed by atoms with Gasteiger partial charge < -0.3 is 4.57 Å². The van der Waals surface area contributed by atoms with Gasteiger partial charge in [-0.25, -0.2) is 9.83 Å². The van der Waals surface area contributed by atoms with E-state index in [0.717, 1.165) is 6.20 Å². The van der Waals surface area contributed by atoms with Gasteiger partial charge >= 0.3 is 6.18 Å². The van der Waals surface area contributed by atoms with Crippen molar-refractivity contribution in [1.82, 2.24) is 9.55 Å². The van der Waals surface area contributed by atoms with Crippen LogP contribution in [0.5, 0.6) is 0 Å². The van der Waals surface area contributed by atoms with Crippen molar-refractivity contribution in [1.29, 1.82) is 0 Å². The van der Waals surface area contributed by atoms with E-state index in [1.807, 2.05) is 0 Å². The van der Waals surface area contributed by atoms with Gasteiger partial charge in [-0.2, -0.15) is 13.2 Å². The number of imidazole rings is 1. The minimum Gasteiger partial charge on any atom is -0.333 e. The zero-order valence-corrected chi connectivity index (χ0v) is 9.36. The lowest BCUT2D eigenvalue weighted by atomic mass is 10.2. The van der Waals surface area contributed by atoms with E-state index in [-0.39, 0.29) is 5.82 Å². The molecule has 2 rings (SSSR count). The van der Waals surface area contributed by atoms with Crippen LogP contribution in [0.4, 0.5) is 18.9 Å². The second-order valence-corrected chi connectivity index (χ2v) is 3.72. The van der Waals surface area contributed by atoms with E-state index in [9.17, 15) is 13.2 Å². The van der Waals surface area contributed by atoms with Gasteiger partial charge in [-0.05, 0) is 0 Å². The van der Waals surface area contributed by atoms with Crippen LogP contribution in [0.15, 0.2) is 30.5 Å². The van der Waals surface area contributed by atoms with Gasteiger partial charge in [0, 0.05) is 18.8 Å². The van der Waals surface area contributed by atoms with Crippen molar-refractivity contribution in [3.63, 3.8) is 0 Å². The number of alkyl halides is 3. The van der Waals surface area contributed by atoms with Crippen LogP contribution in [-0.2, 0) is 13.2 Å². The monoisotopic (exact) mass is 251 g/mol. The van der Waals surface area contributed by atoms with Gasteiger partial charge in [-0.1, -0.05) is 24.3 Å². The highest BCUT2D eigenvalue weighted by Crippen LogP contribution is 2.30. The molecule has 3 nitrogen and oxygen atoms in total. The number of aryl methyl sites for hydroxylation is 1. The highest BCUT2D eigenvalue weighted by Gasteiger charge is 2.34. The van der Waals surface area contributed by atoms with Crippen molar-refractivity contribution in [2.24, 2.45) is 7.05 Å². The minimum atomic E-state index is -4.45. The Morgan fingerprint density at radius 2 is 1.83 bits per heavy atom. The molecule has 0 atom stereocenters. The zero-order chi connectivity index (χ0) is 13.3. The molecule has 0 unspecified atom stereocenters. The maximum Gasteiger partial charge on any atom is 0.434 e. The molecule has 0 aliphatic heterocycles. The molecule has 6 heteroatoms. The van der Waals surface area contributed by atoms with Gasteiger partial charge in [0.15, 0.2) is 11.4 Å². The van der Waals surface area contributed by atoms with E-state index in [4.69, 9.17) is 6.57 Å². The number of nitrogens with zero attached hydrogens (tertiary/aromatic N) is 3. The Morgan fingerprint density at radius 3 is 2.28 bits per heavy atom. The van der Waals surface area contributed by atoms with Gasteiger partial charge in [-0.15, -0.1) is 0 Å². The molecule has 0 bridgehead atoms. The fraction of sp³-hybridized carbons (Fsp3) is 0.167. The van der Waals surface area contributed by atoms with Crippen LogP contribution in [0.1, 0.15) is 5.69 Å². The number of benzene rings is 1. The number of rotatable bonds is 1. The Labute approximate surface area is 101 Å². The quantitative estimate of drug-likeness (QED) is 0.709. The van der Waals surface area contributed by atoms with E-state index in [1.54, 1.807) is 24.3 Å². The van der Waals surface area contributed by atoms with Crippen LogP contribution in [0.2, 0.25) is 0 Å². The molecular weight excluding hydrogens is 243 g/mol. The predicted octanol–water partition coefficient (Wildman–Crippen LogP) is 3.66. The summed E-state index contributed by atoms with van der Waals surface area (Å²) in [6, 6.07) is 6.25. The number of aromatic nitrogens is 2. The first-order valence-electron chi connectivity index (χ1n) is 5.00. The van der Waals surface area contributed by atoms with Crippen molar-refractivity contribution in [3.8, 4) is 11.4 Å². The molecule has 92 valence electrons. The highest BCUT2D eigenvalue weighted by atomic mass is 19.4. The van der Waals surface area contributed by atoms with Crippen molar-refractivity contribution < 1.29 is 13.2 Å². The summed E-state index contributed by atoms with van der Waals surface area (Å²) in [6.45, 7) is 6.80. The summed E-state index contributed by atoms with van der Waals surface area (Å²) in [4.78, 5) is 6.78. The number of hydrogen-bond acceptors (Lipinski definition) is 1. The van der Waals surface area contributed by atoms with Gasteiger partial charge in [0.25, 0.3) is 0 Å². The molecule has 0 saturated carbocycles. The van der Waals surface area contributed by atoms with Gasteiger partial charge in [0.1, 0.15) is 5.82 Å². The van der Waals surface area contributed by atoms with Gasteiger partial charge in [0.05, 0.1) is 6.57 Å². The lowest BCUT2D eigenvalue weighted by molar-refractivity contribution is -0.140. The average Bonchev–Trinajstić information content (AvgIpc) is 2.71. The smallest absolute Gasteiger partial charge is 0.333 e. The average molecular weight is 251 g/mol. The Morgan fingerprint density at radius 1 is 1.22 bits per heavy atom. The van der Waals surface area contributed by atoms with Crippen LogP contribution in [-0.4, -0.2) is 9.55 Å². The molecule has 0 saturated heterocycles. The topological polar surface area (TPSA) is 22.2 Å². The number of hydrogen-bond donors (Lipinski definition) is 0. The summed E-state index contributed by atoms with van der Waals surface area (Å²) >= 11 is 0. The summed E-state index contributed by atoms with van der Waals surface area (Å²) in [7, 11) is 1.50. The Kier molecular flexibility index (Phi) is 2.83. The van der Waals surface area contributed by atoms with Gasteiger partial charge in [0.2, 0.25) is 0 Å². The minimum absolute atomic E-state index is 0.221. The summed E-state index contributed by atoms with van der Waals surface area (Å²) in [6.07, 6.45) is -3.51. The largest absolute Gasteiger partial charge is 0.434 e. The maximum atomic E-state index is 12.5. The van der Waals surface area contributed by atoms with E-state index >= 15 is 0 Å². The Hall–Kier alpha value is -2.29. The fourth-order valence-electron chi connectivity index (χ4n) is 1.56. The first-order chi connectivity index (χ1) is 8.41. The van der Waals surface area contributed by atoms with E-state index < -0.39 is 11.9 Å². The third-order valence-electron chi connectivity index (χ3n) is 2.42. The first-order valence-corrected chi connectivity index (χ1v) is 5.00. The lowest BCUT2D eigenvalue weighted by Gasteiger charge is -2.01. The molecule has 0 fully saturated rings. The molecule has 0 amide bonds. The van der Waals surface area contributed by atoms with Crippen LogP contribution < -0.4 is 0 Å². The van der Waals surface area contributed by atoms with Crippen molar-refractivity contribution in [2.45, 2.75) is 6.18 Å². The molecule has 0 radical (unpaired) electrons. The zero-order valence-electron chi connectivity index (χ0n) is 9.36. The van der Waals surface area contributed by atoms with Crippen LogP contribution in [0.3, 0.4) is 0 Å². The van der Waals surface area contributed by atoms with Crippen LogP contribution >= 0.6 is 0 Å². The second-order valence-electron chi connectivity index (χ2n) is 3.72. The molecule has 1 heterocycles. The molecule has 0 N–H and O–H groups in total. The third kappa shape index (κ3) is 2.20. The normalized spacial score (nSPS) is 11.3. The van der Waals surface area contributed by atoms with Crippen molar-refractivity contribution >= 4 is 5.69 Å². The number of halogens is 3. The van der Waals surface area contributed by atoms with Crippen LogP contribution in [0.25, 0.3) is 16.2 Å². The standard InChI is InChI=1S/C12H8F3N3/c1-16-9-5-3-8(4-6-9)11-17-10(7-18(11)2)12(13,14)15/h3-7H,2H3. The van der Waals surface area contributed by atoms with E-state index in [2.05, 4.69) is 9.83 Å². The van der Waals surface area contributed by atoms with Crippen molar-refractivity contribution in [2.75, 3.05) is 0 Å². The molecular formula is C12H8F3N3. The summed E-state index contributed by atoms with van der Waals surface area (Å²) < 4.78 is 38.8. The lowest BCUT2D eigenvalue weighted by Crippen LogP contribution is -2.04. The Balaban J connectivity index is 2.45. The molecule has 18 heavy (non-hydrogen) atoms. The maximum absolute atomic E-state index is 12.5. The van der Waals surface area contributed by atoms with Crippen LogP contribution in [0, 0.1) is 6.57 Å². The summed E-state index contributed by atoms with van der Waals surface area (Å²) in [5.74, 6) is 0.221. The van der Waals surface area contributed by atoms with E-state index in [0.29, 0.717) is 11.3 Å². The Bertz CT molecular complexity index is 603. The predicted molar refractivity (Wildman–Crippen MR) is 59.9 cm³/mol. The molecule has 0 spiro atoms. The highest BCUT2D eigenvalue weighted by molar-refractivity contribution is 5.60. The second kappa shape index (κ2) is 4.18. The van der Waals surface area contributed by atoms with Crippen molar-refractivity contribution in [3.05, 3.63) is 47.6 Å².